The highest BCUT2D eigenvalue weighted by Crippen LogP contribution is 2.15. The van der Waals surface area contributed by atoms with Gasteiger partial charge in [0.15, 0.2) is 0 Å². The lowest BCUT2D eigenvalue weighted by Gasteiger charge is -2.09. The fraction of sp³-hybridized carbons (Fsp3) is 0.364. The van der Waals surface area contributed by atoms with Crippen molar-refractivity contribution in [2.75, 3.05) is 13.7 Å². The molecule has 0 unspecified atom stereocenters. The molecule has 1 amide bonds. The van der Waals surface area contributed by atoms with E-state index in [1.807, 2.05) is 37.3 Å². The lowest BCUT2D eigenvalue weighted by molar-refractivity contribution is -0.121. The number of unbranched alkanes of at least 4 members (excludes halogenated alkanes) is 1. The number of nitrogens with zero attached hydrogens (tertiary/aromatic N) is 2. The summed E-state index contributed by atoms with van der Waals surface area (Å²) in [4.78, 5) is 16.6. The van der Waals surface area contributed by atoms with Crippen molar-refractivity contribution in [3.63, 3.8) is 0 Å². The number of hydrogen-bond donors (Lipinski definition) is 1. The zero-order valence-electron chi connectivity index (χ0n) is 16.1. The van der Waals surface area contributed by atoms with Crippen molar-refractivity contribution in [1.82, 2.24) is 14.9 Å². The minimum absolute atomic E-state index is 0.117. The van der Waals surface area contributed by atoms with Crippen LogP contribution in [0.3, 0.4) is 0 Å². The minimum atomic E-state index is 0.117. The molecule has 142 valence electrons. The standard InChI is InChI=1S/C22H27N3O2/c1-17-24-20-8-4-5-9-21(20)25(17)16-15-23-22(26)10-6-3-7-18-11-13-19(27-2)14-12-18/h4-5,8-9,11-14H,3,6-7,10,15-16H2,1-2H3,(H,23,26). The monoisotopic (exact) mass is 365 g/mol. The van der Waals surface area contributed by atoms with Gasteiger partial charge in [0.05, 0.1) is 18.1 Å². The number of nitrogens with one attached hydrogen (secondary N) is 1. The Morgan fingerprint density at radius 1 is 1.11 bits per heavy atom. The van der Waals surface area contributed by atoms with E-state index in [1.165, 1.54) is 5.56 Å². The summed E-state index contributed by atoms with van der Waals surface area (Å²) >= 11 is 0. The van der Waals surface area contributed by atoms with Crippen molar-refractivity contribution in [2.45, 2.75) is 39.2 Å². The number of imidazole rings is 1. The summed E-state index contributed by atoms with van der Waals surface area (Å²) in [6, 6.07) is 16.2. The maximum atomic E-state index is 12.1. The van der Waals surface area contributed by atoms with Crippen LogP contribution in [0.1, 0.15) is 30.7 Å². The molecule has 0 saturated heterocycles. The largest absolute Gasteiger partial charge is 0.497 e. The molecule has 5 heteroatoms. The molecule has 3 aromatic rings. The maximum Gasteiger partial charge on any atom is 0.220 e. The quantitative estimate of drug-likeness (QED) is 0.586. The molecule has 0 saturated carbocycles. The summed E-state index contributed by atoms with van der Waals surface area (Å²) in [6.45, 7) is 3.36. The molecule has 5 nitrogen and oxygen atoms in total. The van der Waals surface area contributed by atoms with Gasteiger partial charge >= 0.3 is 0 Å². The Morgan fingerprint density at radius 3 is 2.67 bits per heavy atom. The van der Waals surface area contributed by atoms with Crippen molar-refractivity contribution < 1.29 is 9.53 Å². The number of carbonyl (C=O) groups is 1. The molecule has 27 heavy (non-hydrogen) atoms. The van der Waals surface area contributed by atoms with E-state index in [4.69, 9.17) is 4.74 Å². The Morgan fingerprint density at radius 2 is 1.89 bits per heavy atom. The number of fused-ring (bicyclic) bond motifs is 1. The average Bonchev–Trinajstić information content (AvgIpc) is 3.01. The van der Waals surface area contributed by atoms with Crippen LogP contribution in [0, 0.1) is 6.92 Å². The van der Waals surface area contributed by atoms with Crippen LogP contribution in [0.2, 0.25) is 0 Å². The molecule has 2 aromatic carbocycles. The number of methoxy groups -OCH3 is 1. The zero-order chi connectivity index (χ0) is 19.1. The molecule has 0 atom stereocenters. The summed E-state index contributed by atoms with van der Waals surface area (Å²) in [7, 11) is 1.67. The third-order valence-corrected chi connectivity index (χ3v) is 4.78. The molecule has 0 aliphatic rings. The van der Waals surface area contributed by atoms with Gasteiger partial charge in [0.1, 0.15) is 11.6 Å². The van der Waals surface area contributed by atoms with Crippen LogP contribution in [0.25, 0.3) is 11.0 Å². The van der Waals surface area contributed by atoms with E-state index in [0.717, 1.165) is 48.4 Å². The van der Waals surface area contributed by atoms with Gasteiger partial charge in [0, 0.05) is 19.5 Å². The van der Waals surface area contributed by atoms with Crippen LogP contribution in [0.5, 0.6) is 5.75 Å². The molecule has 0 aliphatic carbocycles. The summed E-state index contributed by atoms with van der Waals surface area (Å²) in [5, 5.41) is 3.02. The predicted molar refractivity (Wildman–Crippen MR) is 108 cm³/mol. The fourth-order valence-electron chi connectivity index (χ4n) is 3.28. The Kier molecular flexibility index (Phi) is 6.47. The Hall–Kier alpha value is -2.82. The smallest absolute Gasteiger partial charge is 0.220 e. The van der Waals surface area contributed by atoms with Gasteiger partial charge in [-0.1, -0.05) is 24.3 Å². The van der Waals surface area contributed by atoms with Crippen molar-refractivity contribution in [1.29, 1.82) is 0 Å². The molecular weight excluding hydrogens is 338 g/mol. The van der Waals surface area contributed by atoms with Crippen LogP contribution in [-0.2, 0) is 17.8 Å². The van der Waals surface area contributed by atoms with Crippen molar-refractivity contribution >= 4 is 16.9 Å². The lowest BCUT2D eigenvalue weighted by atomic mass is 10.1. The fourth-order valence-corrected chi connectivity index (χ4v) is 3.28. The van der Waals surface area contributed by atoms with Gasteiger partial charge in [0.2, 0.25) is 5.91 Å². The maximum absolute atomic E-state index is 12.1. The van der Waals surface area contributed by atoms with E-state index < -0.39 is 0 Å². The topological polar surface area (TPSA) is 56.1 Å². The number of rotatable bonds is 9. The van der Waals surface area contributed by atoms with Crippen LogP contribution in [-0.4, -0.2) is 29.1 Å². The van der Waals surface area contributed by atoms with Gasteiger partial charge in [0.25, 0.3) is 0 Å². The third kappa shape index (κ3) is 5.09. The van der Waals surface area contributed by atoms with Gasteiger partial charge in [-0.3, -0.25) is 4.79 Å². The molecule has 0 radical (unpaired) electrons. The van der Waals surface area contributed by atoms with Crippen LogP contribution in [0.15, 0.2) is 48.5 Å². The van der Waals surface area contributed by atoms with E-state index in [2.05, 4.69) is 33.1 Å². The Labute approximate surface area is 160 Å². The predicted octanol–water partition coefficient (Wildman–Crippen LogP) is 3.88. The Bertz CT molecular complexity index is 884. The number of benzene rings is 2. The number of aryl methyl sites for hydroxylation is 2. The zero-order valence-corrected chi connectivity index (χ0v) is 16.1. The molecule has 1 aromatic heterocycles. The van der Waals surface area contributed by atoms with E-state index in [1.54, 1.807) is 7.11 Å². The second-order valence-electron chi connectivity index (χ2n) is 6.70. The van der Waals surface area contributed by atoms with Gasteiger partial charge in [-0.2, -0.15) is 0 Å². The van der Waals surface area contributed by atoms with E-state index in [9.17, 15) is 4.79 Å². The van der Waals surface area contributed by atoms with Gasteiger partial charge < -0.3 is 14.6 Å². The normalized spacial score (nSPS) is 10.9. The molecule has 0 fully saturated rings. The average molecular weight is 365 g/mol. The molecular formula is C22H27N3O2. The number of hydrogen-bond acceptors (Lipinski definition) is 3. The van der Waals surface area contributed by atoms with Crippen LogP contribution < -0.4 is 10.1 Å². The molecule has 3 rings (SSSR count). The second-order valence-corrected chi connectivity index (χ2v) is 6.70. The first-order chi connectivity index (χ1) is 13.2. The highest BCUT2D eigenvalue weighted by Gasteiger charge is 2.07. The van der Waals surface area contributed by atoms with Crippen LogP contribution in [0.4, 0.5) is 0 Å². The first-order valence-corrected chi connectivity index (χ1v) is 9.49. The number of carbonyl (C=O) groups excluding carboxylic acids is 1. The summed E-state index contributed by atoms with van der Waals surface area (Å²) in [5.41, 5.74) is 3.39. The van der Waals surface area contributed by atoms with E-state index in [-0.39, 0.29) is 5.91 Å². The molecule has 1 N–H and O–H groups in total. The highest BCUT2D eigenvalue weighted by atomic mass is 16.5. The first kappa shape index (κ1) is 19.0. The number of para-hydroxylation sites is 2. The van der Waals surface area contributed by atoms with E-state index in [0.29, 0.717) is 13.0 Å². The van der Waals surface area contributed by atoms with Crippen molar-refractivity contribution in [2.24, 2.45) is 0 Å². The van der Waals surface area contributed by atoms with E-state index >= 15 is 0 Å². The summed E-state index contributed by atoms with van der Waals surface area (Å²) < 4.78 is 7.32. The van der Waals surface area contributed by atoms with Crippen molar-refractivity contribution in [3.8, 4) is 5.75 Å². The summed E-state index contributed by atoms with van der Waals surface area (Å²) in [5.74, 6) is 1.97. The van der Waals surface area contributed by atoms with Crippen LogP contribution >= 0.6 is 0 Å². The third-order valence-electron chi connectivity index (χ3n) is 4.78. The number of ether oxygens (including phenoxy) is 1. The molecule has 0 aliphatic heterocycles. The second kappa shape index (κ2) is 9.21. The number of aromatic nitrogens is 2. The SMILES string of the molecule is COc1ccc(CCCCC(=O)NCCn2c(C)nc3ccccc32)cc1. The summed E-state index contributed by atoms with van der Waals surface area (Å²) in [6.07, 6.45) is 3.45. The highest BCUT2D eigenvalue weighted by molar-refractivity contribution is 5.76. The minimum Gasteiger partial charge on any atom is -0.497 e. The van der Waals surface area contributed by atoms with Gasteiger partial charge in [-0.25, -0.2) is 4.98 Å². The molecule has 1 heterocycles. The molecule has 0 spiro atoms. The number of amides is 1. The van der Waals surface area contributed by atoms with Gasteiger partial charge in [-0.05, 0) is 56.0 Å². The molecule has 0 bridgehead atoms. The lowest BCUT2D eigenvalue weighted by Crippen LogP contribution is -2.27. The van der Waals surface area contributed by atoms with Gasteiger partial charge in [-0.15, -0.1) is 0 Å². The van der Waals surface area contributed by atoms with Crippen molar-refractivity contribution in [3.05, 3.63) is 59.9 Å². The first-order valence-electron chi connectivity index (χ1n) is 9.49. The Balaban J connectivity index is 1.36.